The first-order valence-corrected chi connectivity index (χ1v) is 7.21. The number of methoxy groups -OCH3 is 1. The van der Waals surface area contributed by atoms with E-state index in [2.05, 4.69) is 4.74 Å². The largest absolute Gasteiger partial charge is 0.573 e. The Labute approximate surface area is 142 Å². The third-order valence-corrected chi connectivity index (χ3v) is 3.33. The molecular weight excluding hydrogens is 337 g/mol. The lowest BCUT2D eigenvalue weighted by molar-refractivity contribution is -0.274. The number of carbonyl (C=O) groups is 1. The zero-order chi connectivity index (χ0) is 18.4. The first kappa shape index (κ1) is 18.4. The van der Waals surface area contributed by atoms with E-state index in [0.717, 1.165) is 11.6 Å². The van der Waals surface area contributed by atoms with Gasteiger partial charge in [-0.15, -0.1) is 13.2 Å². The summed E-state index contributed by atoms with van der Waals surface area (Å²) in [6, 6.07) is 12.0. The molecule has 0 unspecified atom stereocenters. The second-order valence-electron chi connectivity index (χ2n) is 5.02. The first-order chi connectivity index (χ1) is 11.8. The zero-order valence-corrected chi connectivity index (χ0v) is 13.2. The van der Waals surface area contributed by atoms with Gasteiger partial charge in [0.15, 0.2) is 0 Å². The lowest BCUT2D eigenvalue weighted by Crippen LogP contribution is -2.18. The molecule has 132 valence electrons. The summed E-state index contributed by atoms with van der Waals surface area (Å²) in [5.41, 5.74) is 0.380. The fraction of sp³-hybridized carbons (Fsp3) is 0.167. The average Bonchev–Trinajstić information content (AvgIpc) is 2.55. The summed E-state index contributed by atoms with van der Waals surface area (Å²) in [6.45, 7) is 0. The number of hydrogen-bond donors (Lipinski definition) is 1. The van der Waals surface area contributed by atoms with Crippen molar-refractivity contribution in [3.8, 4) is 11.5 Å². The Balaban J connectivity index is 2.33. The van der Waals surface area contributed by atoms with E-state index in [1.54, 1.807) is 24.3 Å². The summed E-state index contributed by atoms with van der Waals surface area (Å²) in [5.74, 6) is -1.25. The minimum Gasteiger partial charge on any atom is -0.497 e. The van der Waals surface area contributed by atoms with Crippen LogP contribution in [0.2, 0.25) is 0 Å². The molecule has 0 aliphatic carbocycles. The molecule has 25 heavy (non-hydrogen) atoms. The fourth-order valence-electron chi connectivity index (χ4n) is 2.20. The normalized spacial score (nSPS) is 11.9. The second kappa shape index (κ2) is 7.74. The molecular formula is C18H15F3O4. The maximum Gasteiger partial charge on any atom is 0.573 e. The summed E-state index contributed by atoms with van der Waals surface area (Å²) in [4.78, 5) is 11.5. The van der Waals surface area contributed by atoms with Crippen LogP contribution >= 0.6 is 0 Å². The number of aliphatic carboxylic acids is 1. The first-order valence-electron chi connectivity index (χ1n) is 7.21. The second-order valence-corrected chi connectivity index (χ2v) is 5.02. The molecule has 0 spiro atoms. The van der Waals surface area contributed by atoms with Gasteiger partial charge in [0.25, 0.3) is 0 Å². The predicted octanol–water partition coefficient (Wildman–Crippen LogP) is 4.30. The van der Waals surface area contributed by atoms with Gasteiger partial charge in [-0.1, -0.05) is 36.4 Å². The molecule has 0 saturated heterocycles. The fourth-order valence-corrected chi connectivity index (χ4v) is 2.20. The van der Waals surface area contributed by atoms with E-state index < -0.39 is 18.1 Å². The number of hydrogen-bond acceptors (Lipinski definition) is 3. The van der Waals surface area contributed by atoms with Crippen molar-refractivity contribution < 1.29 is 32.5 Å². The molecule has 0 heterocycles. The molecule has 4 nitrogen and oxygen atoms in total. The van der Waals surface area contributed by atoms with Crippen LogP contribution in [-0.4, -0.2) is 24.5 Å². The molecule has 2 rings (SSSR count). The highest BCUT2D eigenvalue weighted by molar-refractivity contribution is 6.16. The van der Waals surface area contributed by atoms with Crippen molar-refractivity contribution >= 4 is 11.5 Å². The van der Waals surface area contributed by atoms with Gasteiger partial charge in [0.05, 0.1) is 12.7 Å². The summed E-state index contributed by atoms with van der Waals surface area (Å²) >= 11 is 0. The van der Waals surface area contributed by atoms with Gasteiger partial charge < -0.3 is 14.6 Å². The van der Waals surface area contributed by atoms with Gasteiger partial charge in [-0.25, -0.2) is 4.79 Å². The highest BCUT2D eigenvalue weighted by Gasteiger charge is 2.32. The van der Waals surface area contributed by atoms with Crippen LogP contribution in [0.5, 0.6) is 11.5 Å². The maximum absolute atomic E-state index is 12.5. The molecule has 0 radical (unpaired) electrons. The van der Waals surface area contributed by atoms with E-state index in [-0.39, 0.29) is 17.6 Å². The van der Waals surface area contributed by atoms with Crippen LogP contribution in [-0.2, 0) is 11.2 Å². The number of ether oxygens (including phenoxy) is 2. The Morgan fingerprint density at radius 3 is 2.32 bits per heavy atom. The van der Waals surface area contributed by atoms with Gasteiger partial charge in [0.2, 0.25) is 0 Å². The molecule has 0 atom stereocenters. The Kier molecular flexibility index (Phi) is 5.69. The predicted molar refractivity (Wildman–Crippen MR) is 85.4 cm³/mol. The molecule has 0 fully saturated rings. The summed E-state index contributed by atoms with van der Waals surface area (Å²) in [5, 5.41) is 9.38. The molecule has 7 heteroatoms. The smallest absolute Gasteiger partial charge is 0.497 e. The highest BCUT2D eigenvalue weighted by Crippen LogP contribution is 2.31. The van der Waals surface area contributed by atoms with Crippen LogP contribution in [0.1, 0.15) is 11.1 Å². The van der Waals surface area contributed by atoms with Crippen LogP contribution in [0.4, 0.5) is 13.2 Å². The number of carboxylic acid groups (broad SMARTS) is 1. The van der Waals surface area contributed by atoms with Gasteiger partial charge in [-0.05, 0) is 30.2 Å². The lowest BCUT2D eigenvalue weighted by Gasteiger charge is -2.13. The molecule has 0 aliphatic heterocycles. The highest BCUT2D eigenvalue weighted by atomic mass is 19.4. The van der Waals surface area contributed by atoms with E-state index in [1.807, 2.05) is 0 Å². The number of allylic oxidation sites excluding steroid dienone is 1. The van der Waals surface area contributed by atoms with Crippen molar-refractivity contribution in [3.05, 3.63) is 65.7 Å². The van der Waals surface area contributed by atoms with Crippen LogP contribution in [0.25, 0.3) is 5.57 Å². The van der Waals surface area contributed by atoms with Gasteiger partial charge in [0, 0.05) is 5.56 Å². The van der Waals surface area contributed by atoms with Crippen molar-refractivity contribution in [1.29, 1.82) is 0 Å². The topological polar surface area (TPSA) is 55.8 Å². The van der Waals surface area contributed by atoms with Crippen LogP contribution in [0, 0.1) is 0 Å². The van der Waals surface area contributed by atoms with Crippen LogP contribution in [0.15, 0.2) is 54.6 Å². The minimum atomic E-state index is -4.91. The number of alkyl halides is 3. The molecule has 2 aromatic rings. The standard InChI is InChI=1S/C18H15F3O4/c1-24-13-9-6-12(7-10-13)8-11-15(17(22)23)14-4-2-3-5-16(14)25-18(19,20)21/h2-7,9-11H,8H2,1H3,(H,22,23). The maximum atomic E-state index is 12.5. The van der Waals surface area contributed by atoms with Crippen LogP contribution < -0.4 is 9.47 Å². The van der Waals surface area contributed by atoms with Crippen molar-refractivity contribution in [2.45, 2.75) is 12.8 Å². The van der Waals surface area contributed by atoms with Gasteiger partial charge in [-0.2, -0.15) is 0 Å². The zero-order valence-electron chi connectivity index (χ0n) is 13.2. The number of para-hydroxylation sites is 1. The Morgan fingerprint density at radius 2 is 1.76 bits per heavy atom. The van der Waals surface area contributed by atoms with Gasteiger partial charge in [-0.3, -0.25) is 0 Å². The van der Waals surface area contributed by atoms with E-state index >= 15 is 0 Å². The third kappa shape index (κ3) is 5.27. The third-order valence-electron chi connectivity index (χ3n) is 3.33. The SMILES string of the molecule is COc1ccc(CC=C(C(=O)O)c2ccccc2OC(F)(F)F)cc1. The Hall–Kier alpha value is -2.96. The molecule has 0 saturated carbocycles. The van der Waals surface area contributed by atoms with Crippen molar-refractivity contribution in [2.75, 3.05) is 7.11 Å². The molecule has 1 N–H and O–H groups in total. The summed E-state index contributed by atoms with van der Waals surface area (Å²) < 4.78 is 46.5. The van der Waals surface area contributed by atoms with E-state index in [9.17, 15) is 23.1 Å². The van der Waals surface area contributed by atoms with Crippen molar-refractivity contribution in [2.24, 2.45) is 0 Å². The Bertz CT molecular complexity index is 765. The van der Waals surface area contributed by atoms with E-state index in [0.29, 0.717) is 5.75 Å². The molecule has 0 amide bonds. The minimum absolute atomic E-state index is 0.138. The number of halogens is 3. The van der Waals surface area contributed by atoms with Gasteiger partial charge in [0.1, 0.15) is 11.5 Å². The van der Waals surface area contributed by atoms with Gasteiger partial charge >= 0.3 is 12.3 Å². The summed E-state index contributed by atoms with van der Waals surface area (Å²) in [6.07, 6.45) is -3.33. The molecule has 0 aromatic heterocycles. The monoisotopic (exact) mass is 352 g/mol. The Morgan fingerprint density at radius 1 is 1.12 bits per heavy atom. The lowest BCUT2D eigenvalue weighted by atomic mass is 10.0. The quantitative estimate of drug-likeness (QED) is 0.788. The molecule has 0 aliphatic rings. The van der Waals surface area contributed by atoms with E-state index in [4.69, 9.17) is 4.74 Å². The summed E-state index contributed by atoms with van der Waals surface area (Å²) in [7, 11) is 1.52. The molecule has 2 aromatic carbocycles. The van der Waals surface area contributed by atoms with Crippen LogP contribution in [0.3, 0.4) is 0 Å². The number of benzene rings is 2. The number of carboxylic acids is 1. The average molecular weight is 352 g/mol. The van der Waals surface area contributed by atoms with E-state index in [1.165, 1.54) is 31.4 Å². The van der Waals surface area contributed by atoms with Crippen molar-refractivity contribution in [1.82, 2.24) is 0 Å². The van der Waals surface area contributed by atoms with Crippen molar-refractivity contribution in [3.63, 3.8) is 0 Å². The number of rotatable bonds is 6. The molecule has 0 bridgehead atoms.